The number of urea groups is 1. The van der Waals surface area contributed by atoms with Gasteiger partial charge in [0.1, 0.15) is 12.4 Å². The van der Waals surface area contributed by atoms with Crippen molar-refractivity contribution >= 4 is 23.5 Å². The molecule has 1 unspecified atom stereocenters. The number of carbonyl (C=O) groups excluding carboxylic acids is 3. The van der Waals surface area contributed by atoms with E-state index in [-0.39, 0.29) is 36.0 Å². The van der Waals surface area contributed by atoms with Gasteiger partial charge < -0.3 is 14.8 Å². The molecule has 0 spiro atoms. The van der Waals surface area contributed by atoms with Gasteiger partial charge in [0.2, 0.25) is 0 Å². The molecule has 2 aromatic carbocycles. The number of ether oxygens (including phenoxy) is 2. The number of Topliss-reactive ketones (excluding diaryl/α,β-unsaturated/α-hetero) is 1. The monoisotopic (exact) mass is 453 g/mol. The van der Waals surface area contributed by atoms with E-state index in [0.717, 1.165) is 0 Å². The van der Waals surface area contributed by atoms with Crippen molar-refractivity contribution in [3.05, 3.63) is 81.0 Å². The zero-order valence-electron chi connectivity index (χ0n) is 18.4. The summed E-state index contributed by atoms with van der Waals surface area (Å²) < 4.78 is 11.0. The number of benzene rings is 2. The molecular weight excluding hydrogens is 430 g/mol. The molecule has 0 radical (unpaired) electrons. The van der Waals surface area contributed by atoms with Crippen LogP contribution in [0.15, 0.2) is 59.8 Å². The maximum atomic E-state index is 12.9. The SMILES string of the molecule is CCOC(=O)C1=C(COc2ccc(C(C)=O)cc2)N(C)C(=O)NC1c1cccc([N+](=O)[O-])c1. The number of nitro groups is 1. The van der Waals surface area contributed by atoms with Gasteiger partial charge in [-0.3, -0.25) is 19.8 Å². The highest BCUT2D eigenvalue weighted by molar-refractivity contribution is 5.95. The zero-order valence-corrected chi connectivity index (χ0v) is 18.4. The molecule has 0 bridgehead atoms. The second-order valence-electron chi connectivity index (χ2n) is 7.24. The van der Waals surface area contributed by atoms with Gasteiger partial charge in [-0.2, -0.15) is 0 Å². The first-order valence-corrected chi connectivity index (χ1v) is 10.2. The maximum absolute atomic E-state index is 12.9. The number of likely N-dealkylation sites (N-methyl/N-ethyl adjacent to an activating group) is 1. The molecule has 1 aliphatic heterocycles. The quantitative estimate of drug-likeness (QED) is 0.281. The van der Waals surface area contributed by atoms with Gasteiger partial charge in [0, 0.05) is 24.7 Å². The average Bonchev–Trinajstić information content (AvgIpc) is 2.80. The fourth-order valence-corrected chi connectivity index (χ4v) is 3.39. The third-order valence-corrected chi connectivity index (χ3v) is 5.12. The van der Waals surface area contributed by atoms with E-state index < -0.39 is 23.0 Å². The Labute approximate surface area is 189 Å². The Hall–Kier alpha value is -4.21. The van der Waals surface area contributed by atoms with E-state index in [0.29, 0.717) is 16.9 Å². The first kappa shape index (κ1) is 23.5. The van der Waals surface area contributed by atoms with Gasteiger partial charge in [-0.25, -0.2) is 9.59 Å². The van der Waals surface area contributed by atoms with E-state index in [2.05, 4.69) is 5.32 Å². The Bertz CT molecular complexity index is 1130. The van der Waals surface area contributed by atoms with Crippen molar-refractivity contribution in [3.63, 3.8) is 0 Å². The summed E-state index contributed by atoms with van der Waals surface area (Å²) in [5.41, 5.74) is 1.07. The summed E-state index contributed by atoms with van der Waals surface area (Å²) in [5.74, 6) is -0.328. The van der Waals surface area contributed by atoms with Gasteiger partial charge in [-0.05, 0) is 43.7 Å². The number of nitro benzene ring substituents is 1. The lowest BCUT2D eigenvalue weighted by atomic mass is 9.94. The van der Waals surface area contributed by atoms with Crippen LogP contribution in [0.4, 0.5) is 10.5 Å². The standard InChI is InChI=1S/C23H23N3O7/c1-4-32-22(28)20-19(13-33-18-10-8-15(9-11-18)14(2)27)25(3)23(29)24-21(20)16-6-5-7-17(12-16)26(30)31/h5-12,21H,4,13H2,1-3H3,(H,24,29). The van der Waals surface area contributed by atoms with Crippen LogP contribution in [-0.2, 0) is 9.53 Å². The Morgan fingerprint density at radius 1 is 1.18 bits per heavy atom. The molecule has 0 saturated carbocycles. The second kappa shape index (κ2) is 9.94. The number of rotatable bonds is 8. The van der Waals surface area contributed by atoms with E-state index in [9.17, 15) is 24.5 Å². The fraction of sp³-hybridized carbons (Fsp3) is 0.261. The predicted octanol–water partition coefficient (Wildman–Crippen LogP) is 3.39. The zero-order chi connectivity index (χ0) is 24.1. The van der Waals surface area contributed by atoms with Gasteiger partial charge in [0.05, 0.1) is 28.8 Å². The first-order chi connectivity index (χ1) is 15.7. The van der Waals surface area contributed by atoms with Crippen LogP contribution in [0.3, 0.4) is 0 Å². The van der Waals surface area contributed by atoms with E-state index in [1.807, 2.05) is 0 Å². The molecule has 33 heavy (non-hydrogen) atoms. The topological polar surface area (TPSA) is 128 Å². The summed E-state index contributed by atoms with van der Waals surface area (Å²) in [6.07, 6.45) is 0. The summed E-state index contributed by atoms with van der Waals surface area (Å²) in [6, 6.07) is 10.7. The van der Waals surface area contributed by atoms with Crippen LogP contribution in [0, 0.1) is 10.1 Å². The summed E-state index contributed by atoms with van der Waals surface area (Å²) in [7, 11) is 1.48. The lowest BCUT2D eigenvalue weighted by Gasteiger charge is -2.34. The van der Waals surface area contributed by atoms with Gasteiger partial charge in [-0.15, -0.1) is 0 Å². The van der Waals surface area contributed by atoms with Crippen molar-refractivity contribution in [1.82, 2.24) is 10.2 Å². The Balaban J connectivity index is 2.02. The van der Waals surface area contributed by atoms with Gasteiger partial charge >= 0.3 is 12.0 Å². The minimum Gasteiger partial charge on any atom is -0.487 e. The van der Waals surface area contributed by atoms with Crippen molar-refractivity contribution in [2.24, 2.45) is 0 Å². The highest BCUT2D eigenvalue weighted by atomic mass is 16.6. The number of carbonyl (C=O) groups is 3. The van der Waals surface area contributed by atoms with Crippen LogP contribution in [0.5, 0.6) is 5.75 Å². The molecule has 0 fully saturated rings. The number of ketones is 1. The number of nitrogens with one attached hydrogen (secondary N) is 1. The highest BCUT2D eigenvalue weighted by Crippen LogP contribution is 2.32. The average molecular weight is 453 g/mol. The fourth-order valence-electron chi connectivity index (χ4n) is 3.39. The largest absolute Gasteiger partial charge is 0.487 e. The third kappa shape index (κ3) is 5.17. The number of nitrogens with zero attached hydrogens (tertiary/aromatic N) is 2. The number of hydrogen-bond acceptors (Lipinski definition) is 7. The number of non-ortho nitro benzene ring substituents is 1. The predicted molar refractivity (Wildman–Crippen MR) is 118 cm³/mol. The van der Waals surface area contributed by atoms with Crippen LogP contribution < -0.4 is 10.1 Å². The lowest BCUT2D eigenvalue weighted by molar-refractivity contribution is -0.384. The molecule has 1 atom stereocenters. The Kier molecular flexibility index (Phi) is 7.07. The first-order valence-electron chi connectivity index (χ1n) is 10.2. The smallest absolute Gasteiger partial charge is 0.338 e. The van der Waals surface area contributed by atoms with Crippen molar-refractivity contribution in [1.29, 1.82) is 0 Å². The molecule has 10 heteroatoms. The van der Waals surface area contributed by atoms with Crippen LogP contribution in [0.25, 0.3) is 0 Å². The number of amides is 2. The molecule has 0 aliphatic carbocycles. The van der Waals surface area contributed by atoms with Crippen LogP contribution in [0.2, 0.25) is 0 Å². The van der Waals surface area contributed by atoms with Gasteiger partial charge in [-0.1, -0.05) is 12.1 Å². The van der Waals surface area contributed by atoms with Crippen molar-refractivity contribution in [2.75, 3.05) is 20.3 Å². The molecule has 3 rings (SSSR count). The lowest BCUT2D eigenvalue weighted by Crippen LogP contribution is -2.48. The molecule has 0 aromatic heterocycles. The number of hydrogen-bond donors (Lipinski definition) is 1. The van der Waals surface area contributed by atoms with Crippen LogP contribution >= 0.6 is 0 Å². The van der Waals surface area contributed by atoms with Crippen molar-refractivity contribution in [3.8, 4) is 5.75 Å². The van der Waals surface area contributed by atoms with Gasteiger partial charge in [0.25, 0.3) is 5.69 Å². The van der Waals surface area contributed by atoms with Crippen LogP contribution in [0.1, 0.15) is 35.8 Å². The maximum Gasteiger partial charge on any atom is 0.338 e. The molecule has 1 N–H and O–H groups in total. The Morgan fingerprint density at radius 2 is 1.88 bits per heavy atom. The summed E-state index contributed by atoms with van der Waals surface area (Å²) >= 11 is 0. The molecule has 2 amide bonds. The molecule has 0 saturated heterocycles. The normalized spacial score (nSPS) is 15.7. The van der Waals surface area contributed by atoms with Gasteiger partial charge in [0.15, 0.2) is 5.78 Å². The summed E-state index contributed by atoms with van der Waals surface area (Å²) in [5, 5.41) is 13.9. The molecule has 172 valence electrons. The molecule has 2 aromatic rings. The molecule has 10 nitrogen and oxygen atoms in total. The number of esters is 1. The third-order valence-electron chi connectivity index (χ3n) is 5.12. The van der Waals surface area contributed by atoms with E-state index in [4.69, 9.17) is 9.47 Å². The van der Waals surface area contributed by atoms with Crippen molar-refractivity contribution in [2.45, 2.75) is 19.9 Å². The Morgan fingerprint density at radius 3 is 2.48 bits per heavy atom. The minimum absolute atomic E-state index is 0.0858. The minimum atomic E-state index is -0.966. The second-order valence-corrected chi connectivity index (χ2v) is 7.24. The van der Waals surface area contributed by atoms with Crippen molar-refractivity contribution < 1.29 is 28.8 Å². The molecule has 1 aliphatic rings. The highest BCUT2D eigenvalue weighted by Gasteiger charge is 2.37. The molecule has 1 heterocycles. The summed E-state index contributed by atoms with van der Waals surface area (Å²) in [6.45, 7) is 3.06. The molecular formula is C23H23N3O7. The van der Waals surface area contributed by atoms with E-state index >= 15 is 0 Å². The van der Waals surface area contributed by atoms with E-state index in [1.165, 1.54) is 37.1 Å². The summed E-state index contributed by atoms with van der Waals surface area (Å²) in [4.78, 5) is 49.0. The van der Waals surface area contributed by atoms with Crippen LogP contribution in [-0.4, -0.2) is 47.9 Å². The van der Waals surface area contributed by atoms with E-state index in [1.54, 1.807) is 37.3 Å².